The van der Waals surface area contributed by atoms with Gasteiger partial charge in [-0.3, -0.25) is 9.59 Å². The second-order valence-electron chi connectivity index (χ2n) is 7.81. The third kappa shape index (κ3) is 3.43. The lowest BCUT2D eigenvalue weighted by Gasteiger charge is -2.29. The van der Waals surface area contributed by atoms with Gasteiger partial charge in [0.1, 0.15) is 6.04 Å². The van der Waals surface area contributed by atoms with Crippen molar-refractivity contribution in [3.8, 4) is 0 Å². The number of rotatable bonds is 4. The Hall–Kier alpha value is -1.69. The first-order valence-corrected chi connectivity index (χ1v) is 10.7. The first kappa shape index (κ1) is 17.7. The Morgan fingerprint density at radius 1 is 1.15 bits per heavy atom. The fourth-order valence-electron chi connectivity index (χ4n) is 4.37. The van der Waals surface area contributed by atoms with Gasteiger partial charge < -0.3 is 15.5 Å². The van der Waals surface area contributed by atoms with E-state index >= 15 is 0 Å². The van der Waals surface area contributed by atoms with Gasteiger partial charge in [-0.05, 0) is 50.5 Å². The molecule has 2 amide bonds. The Kier molecular flexibility index (Phi) is 4.86. The lowest BCUT2D eigenvalue weighted by atomic mass is 9.95. The predicted octanol–water partition coefficient (Wildman–Crippen LogP) is 3.82. The summed E-state index contributed by atoms with van der Waals surface area (Å²) < 4.78 is 0. The number of benzene rings is 1. The molecule has 2 saturated heterocycles. The molecule has 3 aliphatic rings. The van der Waals surface area contributed by atoms with Gasteiger partial charge in [0.25, 0.3) is 0 Å². The van der Waals surface area contributed by atoms with Crippen LogP contribution in [0.25, 0.3) is 0 Å². The highest BCUT2D eigenvalue weighted by molar-refractivity contribution is 8.01. The van der Waals surface area contributed by atoms with Crippen LogP contribution in [0, 0.1) is 0 Å². The van der Waals surface area contributed by atoms with Gasteiger partial charge in [0.05, 0.1) is 4.87 Å². The maximum atomic E-state index is 12.7. The number of thioether (sulfide) groups is 1. The van der Waals surface area contributed by atoms with Crippen LogP contribution in [0.1, 0.15) is 51.9 Å². The largest absolute Gasteiger partial charge is 0.382 e. The molecule has 0 unspecified atom stereocenters. The van der Waals surface area contributed by atoms with Gasteiger partial charge in [-0.25, -0.2) is 0 Å². The SMILES string of the molecule is C[C@@]12CCC(=O)N1[C@@H](C(=O)Nc1ccc(NC3CCCCC3)cc1)CS2. The maximum absolute atomic E-state index is 12.7. The highest BCUT2D eigenvalue weighted by atomic mass is 32.2. The summed E-state index contributed by atoms with van der Waals surface area (Å²) in [5, 5.41) is 6.58. The summed E-state index contributed by atoms with van der Waals surface area (Å²) in [6.07, 6.45) is 7.82. The van der Waals surface area contributed by atoms with Gasteiger partial charge in [0, 0.05) is 29.6 Å². The third-order valence-corrected chi connectivity index (χ3v) is 7.38. The number of fused-ring (bicyclic) bond motifs is 1. The summed E-state index contributed by atoms with van der Waals surface area (Å²) in [6.45, 7) is 2.07. The van der Waals surface area contributed by atoms with Crippen LogP contribution < -0.4 is 10.6 Å². The van der Waals surface area contributed by atoms with Crippen LogP contribution in [-0.2, 0) is 9.59 Å². The molecule has 0 bridgehead atoms. The van der Waals surface area contributed by atoms with E-state index < -0.39 is 0 Å². The normalized spacial score (nSPS) is 28.9. The van der Waals surface area contributed by atoms with E-state index in [0.29, 0.717) is 18.2 Å². The van der Waals surface area contributed by atoms with Crippen molar-refractivity contribution < 1.29 is 9.59 Å². The summed E-state index contributed by atoms with van der Waals surface area (Å²) in [7, 11) is 0. The number of carbonyl (C=O) groups is 2. The van der Waals surface area contributed by atoms with Crippen molar-refractivity contribution >= 4 is 35.0 Å². The van der Waals surface area contributed by atoms with E-state index in [1.54, 1.807) is 16.7 Å². The van der Waals surface area contributed by atoms with Crippen molar-refractivity contribution in [3.05, 3.63) is 24.3 Å². The molecule has 2 aliphatic heterocycles. The van der Waals surface area contributed by atoms with E-state index in [9.17, 15) is 9.59 Å². The first-order chi connectivity index (χ1) is 12.5. The van der Waals surface area contributed by atoms with Gasteiger partial charge in [0.15, 0.2) is 0 Å². The van der Waals surface area contributed by atoms with Crippen molar-refractivity contribution in [2.24, 2.45) is 0 Å². The van der Waals surface area contributed by atoms with Crippen molar-refractivity contribution in [1.29, 1.82) is 0 Å². The standard InChI is InChI=1S/C20H27N3O2S/c1-20-12-11-18(24)23(20)17(13-26-20)19(25)22-16-9-7-15(8-10-16)21-14-5-3-2-4-6-14/h7-10,14,17,21H,2-6,11-13H2,1H3,(H,22,25)/t17-,20-/m1/s1. The number of anilines is 2. The molecule has 1 aromatic carbocycles. The molecule has 1 aliphatic carbocycles. The third-order valence-electron chi connectivity index (χ3n) is 5.88. The lowest BCUT2D eigenvalue weighted by molar-refractivity contribution is -0.135. The summed E-state index contributed by atoms with van der Waals surface area (Å²) in [5.74, 6) is 0.698. The Labute approximate surface area is 159 Å². The van der Waals surface area contributed by atoms with E-state index in [1.165, 1.54) is 32.1 Å². The molecule has 140 valence electrons. The van der Waals surface area contributed by atoms with E-state index in [2.05, 4.69) is 17.6 Å². The molecule has 2 N–H and O–H groups in total. The van der Waals surface area contributed by atoms with Crippen molar-refractivity contribution in [2.75, 3.05) is 16.4 Å². The Balaban J connectivity index is 1.36. The summed E-state index contributed by atoms with van der Waals surface area (Å²) >= 11 is 1.72. The number of nitrogens with one attached hydrogen (secondary N) is 2. The molecule has 0 radical (unpaired) electrons. The number of carbonyl (C=O) groups excluding carboxylic acids is 2. The van der Waals surface area contributed by atoms with Crippen molar-refractivity contribution in [3.63, 3.8) is 0 Å². The van der Waals surface area contributed by atoms with E-state index in [-0.39, 0.29) is 22.7 Å². The Morgan fingerprint density at radius 2 is 1.85 bits per heavy atom. The van der Waals surface area contributed by atoms with Crippen LogP contribution in [0.3, 0.4) is 0 Å². The lowest BCUT2D eigenvalue weighted by Crippen LogP contribution is -2.48. The molecule has 2 atom stereocenters. The molecular formula is C20H27N3O2S. The molecular weight excluding hydrogens is 346 g/mol. The number of nitrogens with zero attached hydrogens (tertiary/aromatic N) is 1. The smallest absolute Gasteiger partial charge is 0.248 e. The minimum Gasteiger partial charge on any atom is -0.382 e. The highest BCUT2D eigenvalue weighted by Crippen LogP contribution is 2.47. The zero-order valence-corrected chi connectivity index (χ0v) is 16.1. The number of hydrogen-bond acceptors (Lipinski definition) is 4. The second-order valence-corrected chi connectivity index (χ2v) is 9.31. The minimum atomic E-state index is -0.361. The van der Waals surface area contributed by atoms with Gasteiger partial charge in [-0.15, -0.1) is 11.8 Å². The topological polar surface area (TPSA) is 61.4 Å². The van der Waals surface area contributed by atoms with Crippen LogP contribution in [0.4, 0.5) is 11.4 Å². The summed E-state index contributed by atoms with van der Waals surface area (Å²) in [4.78, 5) is 26.5. The monoisotopic (exact) mass is 373 g/mol. The molecule has 5 nitrogen and oxygen atoms in total. The van der Waals surface area contributed by atoms with Gasteiger partial charge in [-0.1, -0.05) is 19.3 Å². The van der Waals surface area contributed by atoms with Crippen LogP contribution in [0.5, 0.6) is 0 Å². The van der Waals surface area contributed by atoms with E-state index in [1.807, 2.05) is 24.3 Å². The molecule has 2 heterocycles. The van der Waals surface area contributed by atoms with Crippen LogP contribution in [0.2, 0.25) is 0 Å². The number of amides is 2. The number of hydrogen-bond donors (Lipinski definition) is 2. The predicted molar refractivity (Wildman–Crippen MR) is 106 cm³/mol. The molecule has 26 heavy (non-hydrogen) atoms. The molecule has 1 aromatic rings. The quantitative estimate of drug-likeness (QED) is 0.842. The Morgan fingerprint density at radius 3 is 2.58 bits per heavy atom. The van der Waals surface area contributed by atoms with Crippen LogP contribution >= 0.6 is 11.8 Å². The van der Waals surface area contributed by atoms with Gasteiger partial charge in [-0.2, -0.15) is 0 Å². The fourth-order valence-corrected chi connectivity index (χ4v) is 5.80. The van der Waals surface area contributed by atoms with Gasteiger partial charge in [0.2, 0.25) is 11.8 Å². The first-order valence-electron chi connectivity index (χ1n) is 9.69. The highest BCUT2D eigenvalue weighted by Gasteiger charge is 2.52. The fraction of sp³-hybridized carbons (Fsp3) is 0.600. The molecule has 1 saturated carbocycles. The van der Waals surface area contributed by atoms with Crippen LogP contribution in [-0.4, -0.2) is 39.4 Å². The maximum Gasteiger partial charge on any atom is 0.248 e. The second kappa shape index (κ2) is 7.14. The van der Waals surface area contributed by atoms with Crippen LogP contribution in [0.15, 0.2) is 24.3 Å². The molecule has 6 heteroatoms. The average Bonchev–Trinajstić information content (AvgIpc) is 3.14. The average molecular weight is 374 g/mol. The molecule has 0 spiro atoms. The molecule has 0 aromatic heterocycles. The Bertz CT molecular complexity index is 687. The summed E-state index contributed by atoms with van der Waals surface area (Å²) in [5.41, 5.74) is 1.89. The molecule has 4 rings (SSSR count). The minimum absolute atomic E-state index is 0.0792. The van der Waals surface area contributed by atoms with Crippen molar-refractivity contribution in [2.45, 2.75) is 68.8 Å². The molecule has 3 fully saturated rings. The zero-order valence-electron chi connectivity index (χ0n) is 15.3. The summed E-state index contributed by atoms with van der Waals surface area (Å²) in [6, 6.07) is 8.14. The van der Waals surface area contributed by atoms with Gasteiger partial charge >= 0.3 is 0 Å². The van der Waals surface area contributed by atoms with E-state index in [4.69, 9.17) is 0 Å². The van der Waals surface area contributed by atoms with E-state index in [0.717, 1.165) is 17.8 Å². The van der Waals surface area contributed by atoms with Crippen molar-refractivity contribution in [1.82, 2.24) is 4.90 Å². The zero-order chi connectivity index (χ0) is 18.1.